The number of aliphatic hydroxyl groups is 1. The highest BCUT2D eigenvalue weighted by atomic mass is 16.3. The minimum Gasteiger partial charge on any atom is -0.392 e. The summed E-state index contributed by atoms with van der Waals surface area (Å²) in [5.74, 6) is 0. The lowest BCUT2D eigenvalue weighted by atomic mass is 10.0. The Labute approximate surface area is 102 Å². The second-order valence-electron chi connectivity index (χ2n) is 4.40. The first kappa shape index (κ1) is 12.1. The molecule has 1 heterocycles. The summed E-state index contributed by atoms with van der Waals surface area (Å²) in [6.45, 7) is 2.28. The lowest BCUT2D eigenvalue weighted by Gasteiger charge is -2.08. The number of hydrogen-bond donors (Lipinski definition) is 1. The number of hydrogen-bond acceptors (Lipinski definition) is 2. The first-order valence-electron chi connectivity index (χ1n) is 6.33. The van der Waals surface area contributed by atoms with Crippen LogP contribution in [0.1, 0.15) is 37.4 Å². The van der Waals surface area contributed by atoms with Crippen molar-refractivity contribution in [2.24, 2.45) is 0 Å². The van der Waals surface area contributed by atoms with E-state index in [1.807, 2.05) is 24.3 Å². The van der Waals surface area contributed by atoms with Crippen molar-refractivity contribution in [1.82, 2.24) is 4.98 Å². The Morgan fingerprint density at radius 3 is 2.76 bits per heavy atom. The number of para-hydroxylation sites is 1. The summed E-state index contributed by atoms with van der Waals surface area (Å²) in [6.07, 6.45) is 4.55. The van der Waals surface area contributed by atoms with Gasteiger partial charge in [-0.05, 0) is 30.5 Å². The van der Waals surface area contributed by atoms with Crippen molar-refractivity contribution in [2.75, 3.05) is 0 Å². The topological polar surface area (TPSA) is 33.1 Å². The molecular formula is C15H19NO. The predicted octanol–water partition coefficient (Wildman–Crippen LogP) is 3.46. The number of rotatable bonds is 5. The Kier molecular flexibility index (Phi) is 4.10. The molecular weight excluding hydrogens is 210 g/mol. The Morgan fingerprint density at radius 1 is 1.18 bits per heavy atom. The average Bonchev–Trinajstić information content (AvgIpc) is 2.38. The summed E-state index contributed by atoms with van der Waals surface area (Å²) in [5, 5.41) is 10.5. The molecule has 0 aliphatic carbocycles. The molecule has 2 heteroatoms. The number of nitrogens with zero attached hydrogens (tertiary/aromatic N) is 1. The highest BCUT2D eigenvalue weighted by molar-refractivity contribution is 5.79. The Balaban J connectivity index is 2.32. The fraction of sp³-hybridized carbons (Fsp3) is 0.400. The van der Waals surface area contributed by atoms with Crippen LogP contribution < -0.4 is 0 Å². The lowest BCUT2D eigenvalue weighted by Crippen LogP contribution is -1.99. The van der Waals surface area contributed by atoms with Crippen LogP contribution in [-0.4, -0.2) is 10.1 Å². The summed E-state index contributed by atoms with van der Waals surface area (Å²) in [4.78, 5) is 4.66. The van der Waals surface area contributed by atoms with Gasteiger partial charge in [0.05, 0.1) is 12.1 Å². The molecule has 0 unspecified atom stereocenters. The van der Waals surface area contributed by atoms with Crippen LogP contribution >= 0.6 is 0 Å². The average molecular weight is 229 g/mol. The molecule has 2 aromatic rings. The van der Waals surface area contributed by atoms with Crippen LogP contribution in [0, 0.1) is 0 Å². The molecule has 90 valence electrons. The third-order valence-electron chi connectivity index (χ3n) is 3.08. The number of aromatic nitrogens is 1. The van der Waals surface area contributed by atoms with Crippen molar-refractivity contribution < 1.29 is 5.11 Å². The van der Waals surface area contributed by atoms with E-state index >= 15 is 0 Å². The fourth-order valence-electron chi connectivity index (χ4n) is 2.10. The molecule has 0 spiro atoms. The zero-order valence-corrected chi connectivity index (χ0v) is 10.3. The van der Waals surface area contributed by atoms with Gasteiger partial charge in [-0.1, -0.05) is 38.0 Å². The Hall–Kier alpha value is -1.41. The molecule has 2 rings (SSSR count). The molecule has 0 radical (unpaired) electrons. The van der Waals surface area contributed by atoms with E-state index in [-0.39, 0.29) is 6.61 Å². The van der Waals surface area contributed by atoms with Crippen molar-refractivity contribution in [3.63, 3.8) is 0 Å². The second-order valence-corrected chi connectivity index (χ2v) is 4.40. The molecule has 2 nitrogen and oxygen atoms in total. The quantitative estimate of drug-likeness (QED) is 0.796. The second kappa shape index (κ2) is 5.78. The van der Waals surface area contributed by atoms with E-state index < -0.39 is 0 Å². The van der Waals surface area contributed by atoms with Crippen LogP contribution in [-0.2, 0) is 13.0 Å². The molecule has 0 atom stereocenters. The lowest BCUT2D eigenvalue weighted by molar-refractivity contribution is 0.280. The van der Waals surface area contributed by atoms with Gasteiger partial charge < -0.3 is 5.11 Å². The standard InChI is InChI=1S/C15H19NO/c1-2-3-4-8-15-13(11-17)10-12-7-5-6-9-14(12)16-15/h5-7,9-10,17H,2-4,8,11H2,1H3. The van der Waals surface area contributed by atoms with E-state index in [0.717, 1.165) is 35.0 Å². The van der Waals surface area contributed by atoms with E-state index in [4.69, 9.17) is 0 Å². The van der Waals surface area contributed by atoms with Crippen LogP contribution in [0.25, 0.3) is 10.9 Å². The van der Waals surface area contributed by atoms with E-state index in [0.29, 0.717) is 0 Å². The molecule has 17 heavy (non-hydrogen) atoms. The zero-order valence-electron chi connectivity index (χ0n) is 10.3. The van der Waals surface area contributed by atoms with Crippen molar-refractivity contribution in [3.05, 3.63) is 41.6 Å². The molecule has 0 bridgehead atoms. The van der Waals surface area contributed by atoms with E-state index in [1.165, 1.54) is 12.8 Å². The van der Waals surface area contributed by atoms with Gasteiger partial charge in [-0.15, -0.1) is 0 Å². The van der Waals surface area contributed by atoms with Gasteiger partial charge in [0.2, 0.25) is 0 Å². The highest BCUT2D eigenvalue weighted by Gasteiger charge is 2.05. The normalized spacial score (nSPS) is 10.9. The molecule has 1 aromatic heterocycles. The van der Waals surface area contributed by atoms with Crippen LogP contribution in [0.3, 0.4) is 0 Å². The molecule has 0 saturated heterocycles. The maximum atomic E-state index is 9.39. The summed E-state index contributed by atoms with van der Waals surface area (Å²) in [6, 6.07) is 10.1. The first-order chi connectivity index (χ1) is 8.35. The first-order valence-corrected chi connectivity index (χ1v) is 6.33. The van der Waals surface area contributed by atoms with Crippen molar-refractivity contribution >= 4 is 10.9 Å². The van der Waals surface area contributed by atoms with Crippen molar-refractivity contribution in [1.29, 1.82) is 0 Å². The number of aliphatic hydroxyl groups excluding tert-OH is 1. The summed E-state index contributed by atoms with van der Waals surface area (Å²) < 4.78 is 0. The fourth-order valence-corrected chi connectivity index (χ4v) is 2.10. The summed E-state index contributed by atoms with van der Waals surface area (Å²) in [7, 11) is 0. The SMILES string of the molecule is CCCCCc1nc2ccccc2cc1CO. The van der Waals surface area contributed by atoms with E-state index in [9.17, 15) is 5.11 Å². The molecule has 0 aliphatic rings. The maximum Gasteiger partial charge on any atom is 0.0705 e. The van der Waals surface area contributed by atoms with Gasteiger partial charge in [0.25, 0.3) is 0 Å². The molecule has 0 amide bonds. The maximum absolute atomic E-state index is 9.39. The minimum absolute atomic E-state index is 0.0826. The van der Waals surface area contributed by atoms with Gasteiger partial charge >= 0.3 is 0 Å². The van der Waals surface area contributed by atoms with Gasteiger partial charge in [-0.2, -0.15) is 0 Å². The zero-order chi connectivity index (χ0) is 12.1. The van der Waals surface area contributed by atoms with Crippen LogP contribution in [0.5, 0.6) is 0 Å². The number of fused-ring (bicyclic) bond motifs is 1. The van der Waals surface area contributed by atoms with Gasteiger partial charge in [0.1, 0.15) is 0 Å². The van der Waals surface area contributed by atoms with Crippen LogP contribution in [0.15, 0.2) is 30.3 Å². The van der Waals surface area contributed by atoms with Gasteiger partial charge in [0.15, 0.2) is 0 Å². The number of pyridine rings is 1. The number of unbranched alkanes of at least 4 members (excludes halogenated alkanes) is 2. The van der Waals surface area contributed by atoms with Crippen molar-refractivity contribution in [2.45, 2.75) is 39.2 Å². The predicted molar refractivity (Wildman–Crippen MR) is 70.9 cm³/mol. The molecule has 0 aliphatic heterocycles. The molecule has 0 saturated carbocycles. The summed E-state index contributed by atoms with van der Waals surface area (Å²) in [5.41, 5.74) is 3.05. The monoisotopic (exact) mass is 229 g/mol. The van der Waals surface area contributed by atoms with E-state index in [1.54, 1.807) is 0 Å². The smallest absolute Gasteiger partial charge is 0.0705 e. The van der Waals surface area contributed by atoms with Gasteiger partial charge in [0, 0.05) is 11.1 Å². The van der Waals surface area contributed by atoms with Gasteiger partial charge in [-0.25, -0.2) is 0 Å². The highest BCUT2D eigenvalue weighted by Crippen LogP contribution is 2.18. The number of benzene rings is 1. The van der Waals surface area contributed by atoms with Gasteiger partial charge in [-0.3, -0.25) is 4.98 Å². The Morgan fingerprint density at radius 2 is 2.00 bits per heavy atom. The minimum atomic E-state index is 0.0826. The summed E-state index contributed by atoms with van der Waals surface area (Å²) >= 11 is 0. The van der Waals surface area contributed by atoms with Crippen molar-refractivity contribution in [3.8, 4) is 0 Å². The third kappa shape index (κ3) is 2.83. The Bertz CT molecular complexity index is 493. The molecule has 1 N–H and O–H groups in total. The molecule has 0 fully saturated rings. The number of aryl methyl sites for hydroxylation is 1. The van der Waals surface area contributed by atoms with Crippen LogP contribution in [0.4, 0.5) is 0 Å². The third-order valence-corrected chi connectivity index (χ3v) is 3.08. The molecule has 1 aromatic carbocycles. The van der Waals surface area contributed by atoms with E-state index in [2.05, 4.69) is 18.0 Å². The van der Waals surface area contributed by atoms with Crippen LogP contribution in [0.2, 0.25) is 0 Å². The largest absolute Gasteiger partial charge is 0.392 e.